The van der Waals surface area contributed by atoms with Crippen molar-refractivity contribution in [3.63, 3.8) is 0 Å². The average molecular weight is 485 g/mol. The van der Waals surface area contributed by atoms with Gasteiger partial charge in [0, 0.05) is 38.1 Å². The third-order valence-electron chi connectivity index (χ3n) is 5.49. The quantitative estimate of drug-likeness (QED) is 0.153. The molecule has 0 saturated carbocycles. The Hall–Kier alpha value is -2.86. The second-order valence-corrected chi connectivity index (χ2v) is 9.05. The Morgan fingerprint density at radius 2 is 1.76 bits per heavy atom. The van der Waals surface area contributed by atoms with E-state index < -0.39 is 60.1 Å². The van der Waals surface area contributed by atoms with Crippen molar-refractivity contribution in [1.82, 2.24) is 16.0 Å². The molecule has 0 bridgehead atoms. The summed E-state index contributed by atoms with van der Waals surface area (Å²) in [5.74, 6) is -4.50. The van der Waals surface area contributed by atoms with Gasteiger partial charge >= 0.3 is 5.97 Å². The van der Waals surface area contributed by atoms with Crippen LogP contribution in [0, 0.1) is 11.8 Å². The lowest BCUT2D eigenvalue weighted by Crippen LogP contribution is -2.44. The molecule has 1 rings (SSSR count). The monoisotopic (exact) mass is 484 g/mol. The number of aliphatic hydroxyl groups is 1. The van der Waals surface area contributed by atoms with Crippen molar-refractivity contribution >= 4 is 35.3 Å². The van der Waals surface area contributed by atoms with Crippen LogP contribution in [0.15, 0.2) is 0 Å². The van der Waals surface area contributed by atoms with Crippen molar-refractivity contribution in [2.24, 2.45) is 17.6 Å². The molecule has 1 saturated heterocycles. The summed E-state index contributed by atoms with van der Waals surface area (Å²) in [5, 5.41) is 26.0. The number of primary amides is 1. The average Bonchev–Trinajstić information content (AvgIpc) is 3.18. The normalized spacial score (nSPS) is 19.3. The van der Waals surface area contributed by atoms with Crippen LogP contribution in [0.2, 0.25) is 0 Å². The maximum Gasteiger partial charge on any atom is 0.322 e. The van der Waals surface area contributed by atoms with E-state index in [2.05, 4.69) is 16.0 Å². The van der Waals surface area contributed by atoms with Gasteiger partial charge in [0.1, 0.15) is 12.3 Å². The van der Waals surface area contributed by atoms with Crippen LogP contribution in [0.4, 0.5) is 0 Å². The first kappa shape index (κ1) is 29.2. The van der Waals surface area contributed by atoms with Crippen LogP contribution in [0.25, 0.3) is 0 Å². The molecule has 0 radical (unpaired) electrons. The van der Waals surface area contributed by atoms with Crippen molar-refractivity contribution in [2.45, 2.75) is 77.0 Å². The lowest BCUT2D eigenvalue weighted by Gasteiger charge is -2.22. The number of hydrogen-bond acceptors (Lipinski definition) is 8. The predicted molar refractivity (Wildman–Crippen MR) is 120 cm³/mol. The van der Waals surface area contributed by atoms with Crippen molar-refractivity contribution in [3.05, 3.63) is 0 Å². The van der Waals surface area contributed by atoms with Gasteiger partial charge in [-0.05, 0) is 25.2 Å². The number of β-amino-alcohol motifs (C(OH)–C–C–N with tert-alkyl or cyclic N) is 1. The number of carbonyl (C=O) groups is 6. The molecule has 1 aliphatic heterocycles. The molecule has 7 N–H and O–H groups in total. The summed E-state index contributed by atoms with van der Waals surface area (Å²) < 4.78 is 0. The van der Waals surface area contributed by atoms with E-state index in [0.29, 0.717) is 13.0 Å². The van der Waals surface area contributed by atoms with Crippen LogP contribution in [-0.2, 0) is 28.8 Å². The number of Topliss-reactive ketones (excluding diaryl/α,β-unsaturated/α-hetero) is 2. The van der Waals surface area contributed by atoms with Gasteiger partial charge in [0.15, 0.2) is 5.78 Å². The number of ketones is 2. The summed E-state index contributed by atoms with van der Waals surface area (Å²) in [6.07, 6.45) is -0.748. The van der Waals surface area contributed by atoms with Crippen LogP contribution in [-0.4, -0.2) is 76.7 Å². The van der Waals surface area contributed by atoms with E-state index in [-0.39, 0.29) is 50.2 Å². The number of amides is 3. The standard InChI is InChI=1S/C22H36N4O8/c1-12(2)7-13(22(34)25-11-21(32)33)8-18(29)15(3-5-19(23)30)26-20(31)6-4-17(28)16-9-14(27)10-24-16/h12-16,24,27H,3-11H2,1-2H3,(H2,23,30)(H,25,34)(H,26,31)(H,32,33)/t13-,14-,15+,16+/m1/s1. The fourth-order valence-electron chi connectivity index (χ4n) is 3.78. The van der Waals surface area contributed by atoms with E-state index in [1.165, 1.54) is 0 Å². The largest absolute Gasteiger partial charge is 0.480 e. The minimum absolute atomic E-state index is 0.0424. The zero-order chi connectivity index (χ0) is 25.8. The minimum atomic E-state index is -1.22. The number of nitrogens with two attached hydrogens (primary N) is 1. The molecule has 0 aromatic carbocycles. The highest BCUT2D eigenvalue weighted by molar-refractivity contribution is 5.94. The third-order valence-corrected chi connectivity index (χ3v) is 5.49. The van der Waals surface area contributed by atoms with E-state index in [1.807, 2.05) is 13.8 Å². The molecule has 0 unspecified atom stereocenters. The van der Waals surface area contributed by atoms with E-state index >= 15 is 0 Å². The van der Waals surface area contributed by atoms with Crippen molar-refractivity contribution in [3.8, 4) is 0 Å². The first-order valence-corrected chi connectivity index (χ1v) is 11.4. The maximum atomic E-state index is 12.9. The van der Waals surface area contributed by atoms with Crippen LogP contribution in [0.3, 0.4) is 0 Å². The molecule has 3 amide bonds. The zero-order valence-electron chi connectivity index (χ0n) is 19.7. The summed E-state index contributed by atoms with van der Waals surface area (Å²) in [4.78, 5) is 71.9. The molecule has 1 aliphatic rings. The van der Waals surface area contributed by atoms with Crippen LogP contribution >= 0.6 is 0 Å². The van der Waals surface area contributed by atoms with Gasteiger partial charge in [0.05, 0.1) is 18.2 Å². The summed E-state index contributed by atoms with van der Waals surface area (Å²) in [6.45, 7) is 3.43. The Morgan fingerprint density at radius 3 is 2.29 bits per heavy atom. The molecule has 1 heterocycles. The molecule has 0 aliphatic carbocycles. The zero-order valence-corrected chi connectivity index (χ0v) is 19.7. The highest BCUT2D eigenvalue weighted by Crippen LogP contribution is 2.18. The van der Waals surface area contributed by atoms with Crippen LogP contribution in [0.1, 0.15) is 58.8 Å². The molecule has 192 valence electrons. The maximum absolute atomic E-state index is 12.9. The van der Waals surface area contributed by atoms with Gasteiger partial charge in [-0.1, -0.05) is 13.8 Å². The molecular formula is C22H36N4O8. The topological polar surface area (TPSA) is 205 Å². The minimum Gasteiger partial charge on any atom is -0.480 e. The second-order valence-electron chi connectivity index (χ2n) is 9.05. The number of nitrogens with one attached hydrogen (secondary N) is 3. The first-order valence-electron chi connectivity index (χ1n) is 11.4. The van der Waals surface area contributed by atoms with E-state index in [9.17, 15) is 33.9 Å². The number of rotatable bonds is 16. The van der Waals surface area contributed by atoms with E-state index in [0.717, 1.165) is 0 Å². The molecule has 0 spiro atoms. The lowest BCUT2D eigenvalue weighted by atomic mass is 9.89. The summed E-state index contributed by atoms with van der Waals surface area (Å²) in [6, 6.07) is -1.60. The number of carboxylic acids is 1. The van der Waals surface area contributed by atoms with E-state index in [1.54, 1.807) is 0 Å². The molecule has 1 fully saturated rings. The Kier molecular flexibility index (Phi) is 12.4. The summed E-state index contributed by atoms with van der Waals surface area (Å²) in [5.41, 5.74) is 5.18. The highest BCUT2D eigenvalue weighted by atomic mass is 16.4. The molecule has 12 heteroatoms. The van der Waals surface area contributed by atoms with Gasteiger partial charge < -0.3 is 31.9 Å². The van der Waals surface area contributed by atoms with Crippen molar-refractivity contribution < 1.29 is 39.0 Å². The molecule has 0 aromatic heterocycles. The Morgan fingerprint density at radius 1 is 1.09 bits per heavy atom. The highest BCUT2D eigenvalue weighted by Gasteiger charge is 2.30. The predicted octanol–water partition coefficient (Wildman–Crippen LogP) is -1.37. The Labute approximate surface area is 198 Å². The molecule has 12 nitrogen and oxygen atoms in total. The summed E-state index contributed by atoms with van der Waals surface area (Å²) >= 11 is 0. The van der Waals surface area contributed by atoms with Crippen LogP contribution < -0.4 is 21.7 Å². The number of hydrogen-bond donors (Lipinski definition) is 6. The lowest BCUT2D eigenvalue weighted by molar-refractivity contribution is -0.139. The van der Waals surface area contributed by atoms with Crippen molar-refractivity contribution in [1.29, 1.82) is 0 Å². The smallest absolute Gasteiger partial charge is 0.322 e. The van der Waals surface area contributed by atoms with Gasteiger partial charge in [0.25, 0.3) is 0 Å². The first-order chi connectivity index (χ1) is 15.9. The number of aliphatic carboxylic acids is 1. The molecular weight excluding hydrogens is 448 g/mol. The van der Waals surface area contributed by atoms with Gasteiger partial charge in [-0.15, -0.1) is 0 Å². The number of carbonyl (C=O) groups excluding carboxylic acids is 5. The number of aliphatic hydroxyl groups excluding tert-OH is 1. The van der Waals surface area contributed by atoms with Gasteiger partial charge in [-0.2, -0.15) is 0 Å². The fourth-order valence-corrected chi connectivity index (χ4v) is 3.78. The summed E-state index contributed by atoms with van der Waals surface area (Å²) in [7, 11) is 0. The third kappa shape index (κ3) is 11.3. The molecule has 34 heavy (non-hydrogen) atoms. The van der Waals surface area contributed by atoms with Crippen molar-refractivity contribution in [2.75, 3.05) is 13.1 Å². The Bertz CT molecular complexity index is 770. The second kappa shape index (κ2) is 14.4. The molecule has 4 atom stereocenters. The van der Waals surface area contributed by atoms with Gasteiger partial charge in [-0.25, -0.2) is 0 Å². The Balaban J connectivity index is 2.76. The van der Waals surface area contributed by atoms with Gasteiger partial charge in [-0.3, -0.25) is 28.8 Å². The van der Waals surface area contributed by atoms with E-state index in [4.69, 9.17) is 10.8 Å². The van der Waals surface area contributed by atoms with Gasteiger partial charge in [0.2, 0.25) is 17.7 Å². The molecule has 0 aromatic rings. The SMILES string of the molecule is CC(C)C[C@H](CC(=O)[C@H](CCC(N)=O)NC(=O)CCC(=O)[C@@H]1C[C@@H](O)CN1)C(=O)NCC(=O)O. The van der Waals surface area contributed by atoms with Crippen LogP contribution in [0.5, 0.6) is 0 Å². The fraction of sp³-hybridized carbons (Fsp3) is 0.727. The number of carboxylic acid groups (broad SMARTS) is 1.